The number of thiophene rings is 1. The molecule has 1 aromatic rings. The normalized spacial score (nSPS) is 20.4. The predicted molar refractivity (Wildman–Crippen MR) is 83.2 cm³/mol. The molecule has 0 aliphatic carbocycles. The van der Waals surface area contributed by atoms with Gasteiger partial charge < -0.3 is 10.6 Å². The van der Waals surface area contributed by atoms with E-state index in [4.69, 9.17) is 0 Å². The second-order valence-corrected chi connectivity index (χ2v) is 6.01. The number of carbonyl (C=O) groups excluding carboxylic acids is 1. The Morgan fingerprint density at radius 1 is 1.63 bits per heavy atom. The van der Waals surface area contributed by atoms with Crippen molar-refractivity contribution in [3.63, 3.8) is 0 Å². The Labute approximate surface area is 125 Å². The summed E-state index contributed by atoms with van der Waals surface area (Å²) in [4.78, 5) is 13.1. The van der Waals surface area contributed by atoms with E-state index >= 15 is 0 Å². The summed E-state index contributed by atoms with van der Waals surface area (Å²) in [6, 6.07) is 4.03. The number of carbonyl (C=O) groups is 1. The lowest BCUT2D eigenvalue weighted by atomic mass is 9.96. The quantitative estimate of drug-likeness (QED) is 0.878. The van der Waals surface area contributed by atoms with E-state index in [0.29, 0.717) is 0 Å². The first-order valence-corrected chi connectivity index (χ1v) is 7.67. The van der Waals surface area contributed by atoms with Gasteiger partial charge in [0.05, 0.1) is 5.92 Å². The van der Waals surface area contributed by atoms with E-state index in [2.05, 4.69) is 10.6 Å². The lowest BCUT2D eigenvalue weighted by Gasteiger charge is -2.22. The van der Waals surface area contributed by atoms with Crippen molar-refractivity contribution in [1.29, 1.82) is 0 Å². The molecule has 5 heteroatoms. The molecule has 0 aromatic carbocycles. The molecule has 1 amide bonds. The summed E-state index contributed by atoms with van der Waals surface area (Å²) in [6.07, 6.45) is 3.66. The number of rotatable bonds is 5. The standard InChI is InChI=1S/C14H22N2OS.ClH/c1-11(13-5-3-9-18-13)14(17)16-8-6-12-4-2-7-15-10-12;/h3,5,9,11-12,15H,2,4,6-8,10H2,1H3,(H,16,17);1H. The summed E-state index contributed by atoms with van der Waals surface area (Å²) in [7, 11) is 0. The fourth-order valence-corrected chi connectivity index (χ4v) is 3.17. The predicted octanol–water partition coefficient (Wildman–Crippen LogP) is 2.78. The summed E-state index contributed by atoms with van der Waals surface area (Å²) in [5.74, 6) is 0.867. The van der Waals surface area contributed by atoms with Gasteiger partial charge in [-0.25, -0.2) is 0 Å². The van der Waals surface area contributed by atoms with E-state index in [1.165, 1.54) is 12.8 Å². The molecule has 0 bridgehead atoms. The third kappa shape index (κ3) is 5.13. The van der Waals surface area contributed by atoms with E-state index in [-0.39, 0.29) is 24.2 Å². The van der Waals surface area contributed by atoms with Crippen LogP contribution in [-0.4, -0.2) is 25.5 Å². The van der Waals surface area contributed by atoms with Gasteiger partial charge in [0.2, 0.25) is 5.91 Å². The van der Waals surface area contributed by atoms with Crippen molar-refractivity contribution in [2.45, 2.75) is 32.1 Å². The van der Waals surface area contributed by atoms with Gasteiger partial charge in [0.25, 0.3) is 0 Å². The maximum Gasteiger partial charge on any atom is 0.228 e. The molecule has 108 valence electrons. The molecular formula is C14H23ClN2OS. The van der Waals surface area contributed by atoms with E-state index in [1.807, 2.05) is 24.4 Å². The van der Waals surface area contributed by atoms with Crippen LogP contribution in [0.2, 0.25) is 0 Å². The fourth-order valence-electron chi connectivity index (χ4n) is 2.39. The molecule has 1 saturated heterocycles. The Hall–Kier alpha value is -0.580. The van der Waals surface area contributed by atoms with Crippen LogP contribution in [0.4, 0.5) is 0 Å². The van der Waals surface area contributed by atoms with E-state index in [9.17, 15) is 4.79 Å². The van der Waals surface area contributed by atoms with Crippen molar-refractivity contribution in [2.75, 3.05) is 19.6 Å². The highest BCUT2D eigenvalue weighted by Gasteiger charge is 2.17. The van der Waals surface area contributed by atoms with Crippen LogP contribution in [0.25, 0.3) is 0 Å². The SMILES string of the molecule is CC(C(=O)NCCC1CCCNC1)c1cccs1.Cl. The lowest BCUT2D eigenvalue weighted by molar-refractivity contribution is -0.122. The van der Waals surface area contributed by atoms with E-state index in [1.54, 1.807) is 11.3 Å². The molecule has 1 aliphatic rings. The molecule has 2 unspecified atom stereocenters. The van der Waals surface area contributed by atoms with Crippen LogP contribution in [0.5, 0.6) is 0 Å². The van der Waals surface area contributed by atoms with Crippen molar-refractivity contribution >= 4 is 29.7 Å². The zero-order valence-electron chi connectivity index (χ0n) is 11.4. The summed E-state index contributed by atoms with van der Waals surface area (Å²) in [5.41, 5.74) is 0. The number of halogens is 1. The molecule has 1 aliphatic heterocycles. The average molecular weight is 303 g/mol. The van der Waals surface area contributed by atoms with Crippen LogP contribution < -0.4 is 10.6 Å². The molecule has 2 heterocycles. The van der Waals surface area contributed by atoms with Gasteiger partial charge in [0, 0.05) is 11.4 Å². The van der Waals surface area contributed by atoms with Crippen molar-refractivity contribution in [2.24, 2.45) is 5.92 Å². The molecule has 0 radical (unpaired) electrons. The molecule has 0 spiro atoms. The highest BCUT2D eigenvalue weighted by atomic mass is 35.5. The fraction of sp³-hybridized carbons (Fsp3) is 0.643. The van der Waals surface area contributed by atoms with Crippen LogP contribution in [0.15, 0.2) is 17.5 Å². The Morgan fingerprint density at radius 2 is 2.47 bits per heavy atom. The Morgan fingerprint density at radius 3 is 3.11 bits per heavy atom. The molecule has 3 nitrogen and oxygen atoms in total. The maximum absolute atomic E-state index is 12.0. The Bertz CT molecular complexity index is 364. The first kappa shape index (κ1) is 16.5. The van der Waals surface area contributed by atoms with Gasteiger partial charge >= 0.3 is 0 Å². The molecule has 2 rings (SSSR count). The van der Waals surface area contributed by atoms with E-state index in [0.717, 1.165) is 36.9 Å². The zero-order valence-corrected chi connectivity index (χ0v) is 13.0. The Kier molecular flexibility index (Phi) is 7.42. The van der Waals surface area contributed by atoms with Crippen LogP contribution in [0, 0.1) is 5.92 Å². The minimum absolute atomic E-state index is 0. The lowest BCUT2D eigenvalue weighted by Crippen LogP contribution is -2.34. The zero-order chi connectivity index (χ0) is 12.8. The van der Waals surface area contributed by atoms with E-state index < -0.39 is 0 Å². The van der Waals surface area contributed by atoms with Gasteiger partial charge in [0.15, 0.2) is 0 Å². The van der Waals surface area contributed by atoms with Crippen molar-refractivity contribution in [3.05, 3.63) is 22.4 Å². The second-order valence-electron chi connectivity index (χ2n) is 5.03. The summed E-state index contributed by atoms with van der Waals surface area (Å²) in [5, 5.41) is 8.49. The summed E-state index contributed by atoms with van der Waals surface area (Å²) in [6.45, 7) is 5.04. The number of hydrogen-bond donors (Lipinski definition) is 2. The molecular weight excluding hydrogens is 280 g/mol. The van der Waals surface area contributed by atoms with Crippen molar-refractivity contribution in [1.82, 2.24) is 10.6 Å². The maximum atomic E-state index is 12.0. The molecule has 1 fully saturated rings. The van der Waals surface area contributed by atoms with Crippen LogP contribution in [-0.2, 0) is 4.79 Å². The molecule has 2 N–H and O–H groups in total. The van der Waals surface area contributed by atoms with Gasteiger partial charge in [-0.3, -0.25) is 4.79 Å². The second kappa shape index (κ2) is 8.56. The van der Waals surface area contributed by atoms with Crippen molar-refractivity contribution in [3.8, 4) is 0 Å². The van der Waals surface area contributed by atoms with Gasteiger partial charge in [-0.1, -0.05) is 6.07 Å². The summed E-state index contributed by atoms with van der Waals surface area (Å²) < 4.78 is 0. The molecule has 0 saturated carbocycles. The first-order chi connectivity index (χ1) is 8.77. The topological polar surface area (TPSA) is 41.1 Å². The highest BCUT2D eigenvalue weighted by molar-refractivity contribution is 7.10. The van der Waals surface area contributed by atoms with Gasteiger partial charge in [-0.15, -0.1) is 23.7 Å². The number of hydrogen-bond acceptors (Lipinski definition) is 3. The van der Waals surface area contributed by atoms with Crippen LogP contribution >= 0.6 is 23.7 Å². The minimum atomic E-state index is -0.0190. The monoisotopic (exact) mass is 302 g/mol. The summed E-state index contributed by atoms with van der Waals surface area (Å²) >= 11 is 1.65. The molecule has 2 atom stereocenters. The first-order valence-electron chi connectivity index (χ1n) is 6.79. The van der Waals surface area contributed by atoms with Gasteiger partial charge in [-0.2, -0.15) is 0 Å². The van der Waals surface area contributed by atoms with Crippen LogP contribution in [0.3, 0.4) is 0 Å². The largest absolute Gasteiger partial charge is 0.356 e. The number of nitrogens with one attached hydrogen (secondary N) is 2. The third-order valence-electron chi connectivity index (χ3n) is 3.61. The minimum Gasteiger partial charge on any atom is -0.356 e. The third-order valence-corrected chi connectivity index (χ3v) is 4.67. The number of piperidine rings is 1. The van der Waals surface area contributed by atoms with Crippen molar-refractivity contribution < 1.29 is 4.79 Å². The number of amides is 1. The molecule has 1 aromatic heterocycles. The highest BCUT2D eigenvalue weighted by Crippen LogP contribution is 2.20. The van der Waals surface area contributed by atoms with Gasteiger partial charge in [0.1, 0.15) is 0 Å². The Balaban J connectivity index is 0.00000180. The van der Waals surface area contributed by atoms with Gasteiger partial charge in [-0.05, 0) is 56.6 Å². The smallest absolute Gasteiger partial charge is 0.228 e. The molecule has 19 heavy (non-hydrogen) atoms. The van der Waals surface area contributed by atoms with Crippen LogP contribution in [0.1, 0.15) is 37.0 Å². The average Bonchev–Trinajstić information content (AvgIpc) is 2.93.